The molecular formula is C18H23BrN2O2. The van der Waals surface area contributed by atoms with Crippen LogP contribution in [0.4, 0.5) is 0 Å². The molecule has 1 unspecified atom stereocenters. The van der Waals surface area contributed by atoms with Gasteiger partial charge in [0, 0.05) is 23.5 Å². The molecule has 1 aromatic carbocycles. The highest BCUT2D eigenvalue weighted by molar-refractivity contribution is 9.10. The molecule has 1 aromatic rings. The number of aryl methyl sites for hydroxylation is 1. The molecule has 1 saturated heterocycles. The van der Waals surface area contributed by atoms with E-state index >= 15 is 0 Å². The Balaban J connectivity index is 1.93. The lowest BCUT2D eigenvalue weighted by molar-refractivity contribution is -0.132. The van der Waals surface area contributed by atoms with Crippen LogP contribution in [-0.4, -0.2) is 29.8 Å². The maximum Gasteiger partial charge on any atom is 0.245 e. The van der Waals surface area contributed by atoms with Crippen LogP contribution in [0.3, 0.4) is 0 Å². The van der Waals surface area contributed by atoms with E-state index in [0.29, 0.717) is 25.9 Å². The van der Waals surface area contributed by atoms with Gasteiger partial charge in [-0.05, 0) is 56.0 Å². The first-order valence-electron chi connectivity index (χ1n) is 7.90. The van der Waals surface area contributed by atoms with E-state index in [-0.39, 0.29) is 23.8 Å². The van der Waals surface area contributed by atoms with Crippen LogP contribution in [0, 0.1) is 12.8 Å². The molecule has 1 aliphatic rings. The van der Waals surface area contributed by atoms with Crippen molar-refractivity contribution < 1.29 is 9.59 Å². The van der Waals surface area contributed by atoms with Crippen molar-refractivity contribution in [1.82, 2.24) is 10.2 Å². The molecule has 124 valence electrons. The van der Waals surface area contributed by atoms with E-state index in [9.17, 15) is 9.59 Å². The van der Waals surface area contributed by atoms with Gasteiger partial charge in [0.25, 0.3) is 0 Å². The van der Waals surface area contributed by atoms with Crippen LogP contribution >= 0.6 is 15.9 Å². The Hall–Kier alpha value is -1.62. The first kappa shape index (κ1) is 17.7. The zero-order valence-corrected chi connectivity index (χ0v) is 15.2. The lowest BCUT2D eigenvalue weighted by atomic mass is 9.94. The first-order chi connectivity index (χ1) is 10.9. The van der Waals surface area contributed by atoms with Gasteiger partial charge in [0.1, 0.15) is 0 Å². The molecule has 1 heterocycles. The van der Waals surface area contributed by atoms with Gasteiger partial charge in [-0.3, -0.25) is 9.59 Å². The van der Waals surface area contributed by atoms with Gasteiger partial charge >= 0.3 is 0 Å². The van der Waals surface area contributed by atoms with Gasteiger partial charge in [0.15, 0.2) is 0 Å². The van der Waals surface area contributed by atoms with Crippen LogP contribution in [0.5, 0.6) is 0 Å². The highest BCUT2D eigenvalue weighted by atomic mass is 79.9. The zero-order chi connectivity index (χ0) is 17.0. The molecule has 1 aliphatic heterocycles. The molecule has 0 spiro atoms. The van der Waals surface area contributed by atoms with Crippen molar-refractivity contribution in [2.45, 2.75) is 32.7 Å². The molecule has 1 fully saturated rings. The van der Waals surface area contributed by atoms with E-state index < -0.39 is 0 Å². The van der Waals surface area contributed by atoms with Gasteiger partial charge in [-0.15, -0.1) is 0 Å². The summed E-state index contributed by atoms with van der Waals surface area (Å²) in [5, 5.41) is 3.11. The lowest BCUT2D eigenvalue weighted by Gasteiger charge is -2.31. The van der Waals surface area contributed by atoms with Crippen molar-refractivity contribution in [3.8, 4) is 0 Å². The van der Waals surface area contributed by atoms with Crippen LogP contribution in [-0.2, 0) is 9.59 Å². The van der Waals surface area contributed by atoms with Crippen LogP contribution in [0.25, 0.3) is 0 Å². The fourth-order valence-corrected chi connectivity index (χ4v) is 3.36. The standard InChI is InChI=1S/C18H23BrN2O2/c1-4-17(22)21-9-7-14(8-10-21)18(23)20-13(3)16-11-15(19)6-5-12(16)2/h4-6,11,13-14H,1,7-10H2,2-3H3,(H,20,23). The molecule has 4 nitrogen and oxygen atoms in total. The molecule has 1 N–H and O–H groups in total. The number of piperidine rings is 1. The van der Waals surface area contributed by atoms with E-state index in [1.165, 1.54) is 6.08 Å². The van der Waals surface area contributed by atoms with Gasteiger partial charge in [-0.1, -0.05) is 28.6 Å². The third-order valence-corrected chi connectivity index (χ3v) is 4.91. The smallest absolute Gasteiger partial charge is 0.245 e. The van der Waals surface area contributed by atoms with E-state index in [4.69, 9.17) is 0 Å². The number of amides is 2. The first-order valence-corrected chi connectivity index (χ1v) is 8.69. The van der Waals surface area contributed by atoms with Crippen molar-refractivity contribution >= 4 is 27.7 Å². The monoisotopic (exact) mass is 378 g/mol. The fourth-order valence-electron chi connectivity index (χ4n) is 2.98. The van der Waals surface area contributed by atoms with Crippen molar-refractivity contribution in [2.75, 3.05) is 13.1 Å². The minimum atomic E-state index is -0.0537. The maximum atomic E-state index is 12.5. The topological polar surface area (TPSA) is 49.4 Å². The number of carbonyl (C=O) groups is 2. The third kappa shape index (κ3) is 4.44. The van der Waals surface area contributed by atoms with Crippen molar-refractivity contribution in [3.63, 3.8) is 0 Å². The fraction of sp³-hybridized carbons (Fsp3) is 0.444. The lowest BCUT2D eigenvalue weighted by Crippen LogP contribution is -2.43. The number of likely N-dealkylation sites (tertiary alicyclic amines) is 1. The molecule has 5 heteroatoms. The summed E-state index contributed by atoms with van der Waals surface area (Å²) in [6, 6.07) is 6.06. The summed E-state index contributed by atoms with van der Waals surface area (Å²) in [6.45, 7) is 8.79. The van der Waals surface area contributed by atoms with Crippen molar-refractivity contribution in [2.24, 2.45) is 5.92 Å². The number of carbonyl (C=O) groups excluding carboxylic acids is 2. The van der Waals surface area contributed by atoms with E-state index in [0.717, 1.165) is 15.6 Å². The summed E-state index contributed by atoms with van der Waals surface area (Å²) >= 11 is 3.48. The highest BCUT2D eigenvalue weighted by Crippen LogP contribution is 2.24. The summed E-state index contributed by atoms with van der Waals surface area (Å²) < 4.78 is 1.01. The molecule has 0 saturated carbocycles. The number of hydrogen-bond donors (Lipinski definition) is 1. The van der Waals surface area contributed by atoms with Gasteiger partial charge in [-0.25, -0.2) is 0 Å². The number of nitrogens with zero attached hydrogens (tertiary/aromatic N) is 1. The second kappa shape index (κ2) is 7.77. The van der Waals surface area contributed by atoms with Gasteiger partial charge in [0.2, 0.25) is 11.8 Å². The molecule has 23 heavy (non-hydrogen) atoms. The molecule has 0 aromatic heterocycles. The normalized spacial score (nSPS) is 16.7. The summed E-state index contributed by atoms with van der Waals surface area (Å²) in [7, 11) is 0. The Morgan fingerprint density at radius 2 is 2.04 bits per heavy atom. The predicted octanol–water partition coefficient (Wildman–Crippen LogP) is 3.36. The molecule has 0 bridgehead atoms. The van der Waals surface area contributed by atoms with Gasteiger partial charge in [-0.2, -0.15) is 0 Å². The average Bonchev–Trinajstić information content (AvgIpc) is 2.56. The second-order valence-electron chi connectivity index (χ2n) is 6.03. The molecule has 2 amide bonds. The Morgan fingerprint density at radius 1 is 1.39 bits per heavy atom. The minimum Gasteiger partial charge on any atom is -0.349 e. The molecular weight excluding hydrogens is 356 g/mol. The van der Waals surface area contributed by atoms with E-state index in [1.807, 2.05) is 32.0 Å². The summed E-state index contributed by atoms with van der Waals surface area (Å²) in [4.78, 5) is 25.8. The molecule has 2 rings (SSSR count). The van der Waals surface area contributed by atoms with Crippen LogP contribution in [0.15, 0.2) is 35.3 Å². The number of halogens is 1. The average molecular weight is 379 g/mol. The van der Waals surface area contributed by atoms with Crippen LogP contribution in [0.2, 0.25) is 0 Å². The molecule has 1 atom stereocenters. The zero-order valence-electron chi connectivity index (χ0n) is 13.6. The highest BCUT2D eigenvalue weighted by Gasteiger charge is 2.27. The van der Waals surface area contributed by atoms with E-state index in [1.54, 1.807) is 4.90 Å². The maximum absolute atomic E-state index is 12.5. The quantitative estimate of drug-likeness (QED) is 0.816. The number of benzene rings is 1. The number of hydrogen-bond acceptors (Lipinski definition) is 2. The van der Waals surface area contributed by atoms with E-state index in [2.05, 4.69) is 27.8 Å². The Kier molecular flexibility index (Phi) is 5.99. The Morgan fingerprint density at radius 3 is 2.65 bits per heavy atom. The summed E-state index contributed by atoms with van der Waals surface area (Å²) in [5.74, 6) is -0.0108. The number of rotatable bonds is 4. The SMILES string of the molecule is C=CC(=O)N1CCC(C(=O)NC(C)c2cc(Br)ccc2C)CC1. The molecule has 0 radical (unpaired) electrons. The van der Waals surface area contributed by atoms with Crippen molar-refractivity contribution in [3.05, 3.63) is 46.5 Å². The second-order valence-corrected chi connectivity index (χ2v) is 6.95. The Bertz CT molecular complexity index is 607. The number of nitrogens with one attached hydrogen (secondary N) is 1. The third-order valence-electron chi connectivity index (χ3n) is 4.42. The van der Waals surface area contributed by atoms with Crippen LogP contribution < -0.4 is 5.32 Å². The van der Waals surface area contributed by atoms with Crippen LogP contribution in [0.1, 0.15) is 36.9 Å². The minimum absolute atomic E-state index is 0.0289. The summed E-state index contributed by atoms with van der Waals surface area (Å²) in [6.07, 6.45) is 2.74. The largest absolute Gasteiger partial charge is 0.349 e. The molecule has 0 aliphatic carbocycles. The van der Waals surface area contributed by atoms with Gasteiger partial charge < -0.3 is 10.2 Å². The Labute approximate surface area is 146 Å². The van der Waals surface area contributed by atoms with Crippen molar-refractivity contribution in [1.29, 1.82) is 0 Å². The summed E-state index contributed by atoms with van der Waals surface area (Å²) in [5.41, 5.74) is 2.28. The van der Waals surface area contributed by atoms with Gasteiger partial charge in [0.05, 0.1) is 6.04 Å². The predicted molar refractivity (Wildman–Crippen MR) is 94.9 cm³/mol.